The molecule has 0 aliphatic carbocycles. The summed E-state index contributed by atoms with van der Waals surface area (Å²) in [4.78, 5) is 22.9. The summed E-state index contributed by atoms with van der Waals surface area (Å²) < 4.78 is 12.7. The van der Waals surface area contributed by atoms with Crippen LogP contribution in [0.4, 0.5) is 9.39 Å². The number of rotatable bonds is 4. The maximum Gasteiger partial charge on any atom is 0.346 e. The summed E-state index contributed by atoms with van der Waals surface area (Å²) in [5.74, 6) is -1.63. The monoisotopic (exact) mass is 293 g/mol. The highest BCUT2D eigenvalue weighted by Gasteiger charge is 2.13. The van der Waals surface area contributed by atoms with Gasteiger partial charge in [-0.3, -0.25) is 4.79 Å². The molecule has 6 heteroatoms. The van der Waals surface area contributed by atoms with Gasteiger partial charge >= 0.3 is 5.97 Å². The fourth-order valence-electron chi connectivity index (χ4n) is 1.73. The van der Waals surface area contributed by atoms with Gasteiger partial charge in [0.05, 0.1) is 11.4 Å². The zero-order valence-corrected chi connectivity index (χ0v) is 11.5. The van der Waals surface area contributed by atoms with Crippen molar-refractivity contribution in [3.8, 4) is 0 Å². The van der Waals surface area contributed by atoms with Gasteiger partial charge in [-0.2, -0.15) is 0 Å². The third-order valence-corrected chi connectivity index (χ3v) is 3.79. The van der Waals surface area contributed by atoms with E-state index >= 15 is 0 Å². The van der Waals surface area contributed by atoms with E-state index in [0.717, 1.165) is 11.3 Å². The summed E-state index contributed by atoms with van der Waals surface area (Å²) in [5, 5.41) is 12.1. The summed E-state index contributed by atoms with van der Waals surface area (Å²) in [6, 6.07) is 7.28. The molecule has 0 spiro atoms. The summed E-state index contributed by atoms with van der Waals surface area (Å²) in [7, 11) is 0. The first-order chi connectivity index (χ1) is 9.45. The molecule has 20 heavy (non-hydrogen) atoms. The molecule has 2 N–H and O–H groups in total. The molecule has 2 rings (SSSR count). The Bertz CT molecular complexity index is 649. The molecule has 0 atom stereocenters. The Labute approximate surface area is 118 Å². The molecule has 1 aromatic heterocycles. The third kappa shape index (κ3) is 3.42. The Morgan fingerprint density at radius 3 is 2.50 bits per heavy atom. The predicted octanol–water partition coefficient (Wildman–Crippen LogP) is 3.08. The second kappa shape index (κ2) is 5.83. The number of anilines is 1. The Morgan fingerprint density at radius 2 is 1.95 bits per heavy atom. The first kappa shape index (κ1) is 14.2. The zero-order chi connectivity index (χ0) is 14.7. The number of amides is 1. The quantitative estimate of drug-likeness (QED) is 0.910. The number of nitrogens with one attached hydrogen (secondary N) is 1. The van der Waals surface area contributed by atoms with Crippen molar-refractivity contribution < 1.29 is 19.1 Å². The van der Waals surface area contributed by atoms with Gasteiger partial charge in [0.25, 0.3) is 0 Å². The smallest absolute Gasteiger partial charge is 0.346 e. The van der Waals surface area contributed by atoms with Gasteiger partial charge in [0.1, 0.15) is 10.7 Å². The minimum atomic E-state index is -1.01. The van der Waals surface area contributed by atoms with Crippen molar-refractivity contribution >= 4 is 28.2 Å². The van der Waals surface area contributed by atoms with Crippen LogP contribution in [0.15, 0.2) is 30.3 Å². The lowest BCUT2D eigenvalue weighted by atomic mass is 10.1. The molecule has 0 aliphatic rings. The van der Waals surface area contributed by atoms with Crippen molar-refractivity contribution in [2.24, 2.45) is 0 Å². The molecule has 2 aromatic rings. The van der Waals surface area contributed by atoms with E-state index in [1.54, 1.807) is 13.0 Å². The van der Waals surface area contributed by atoms with Gasteiger partial charge < -0.3 is 10.4 Å². The minimum Gasteiger partial charge on any atom is -0.477 e. The number of carboxylic acids is 1. The van der Waals surface area contributed by atoms with Gasteiger partial charge in [0.2, 0.25) is 5.91 Å². The van der Waals surface area contributed by atoms with Crippen molar-refractivity contribution in [2.75, 3.05) is 5.32 Å². The topological polar surface area (TPSA) is 66.4 Å². The first-order valence-electron chi connectivity index (χ1n) is 5.83. The molecule has 0 fully saturated rings. The number of thiophene rings is 1. The second-order valence-corrected chi connectivity index (χ2v) is 5.33. The van der Waals surface area contributed by atoms with Gasteiger partial charge in [-0.25, -0.2) is 9.18 Å². The molecule has 104 valence electrons. The molecular weight excluding hydrogens is 281 g/mol. The minimum absolute atomic E-state index is 0.111. The molecule has 0 radical (unpaired) electrons. The van der Waals surface area contributed by atoms with Crippen LogP contribution in [0.2, 0.25) is 0 Å². The highest BCUT2D eigenvalue weighted by molar-refractivity contribution is 7.18. The number of carboxylic acid groups (broad SMARTS) is 1. The van der Waals surface area contributed by atoms with E-state index in [9.17, 15) is 14.0 Å². The molecule has 1 aromatic carbocycles. The third-order valence-electron chi connectivity index (χ3n) is 2.65. The average molecular weight is 293 g/mol. The van der Waals surface area contributed by atoms with Crippen molar-refractivity contribution in [1.29, 1.82) is 0 Å². The van der Waals surface area contributed by atoms with Crippen molar-refractivity contribution in [3.05, 3.63) is 52.2 Å². The molecule has 0 unspecified atom stereocenters. The van der Waals surface area contributed by atoms with Crippen molar-refractivity contribution in [1.82, 2.24) is 0 Å². The Hall–Kier alpha value is -2.21. The van der Waals surface area contributed by atoms with E-state index in [2.05, 4.69) is 5.32 Å². The number of hydrogen-bond donors (Lipinski definition) is 2. The number of carbonyl (C=O) groups is 2. The largest absolute Gasteiger partial charge is 0.477 e. The van der Waals surface area contributed by atoms with Gasteiger partial charge in [-0.15, -0.1) is 11.3 Å². The molecule has 1 amide bonds. The van der Waals surface area contributed by atoms with Crippen molar-refractivity contribution in [3.63, 3.8) is 0 Å². The lowest BCUT2D eigenvalue weighted by Gasteiger charge is -2.02. The van der Waals surface area contributed by atoms with Crippen LogP contribution in [0, 0.1) is 12.7 Å². The predicted molar refractivity (Wildman–Crippen MR) is 74.7 cm³/mol. The standard InChI is InChI=1S/C14H12FNO3S/c1-8-6-12(20-13(8)14(18)19)16-11(17)7-9-2-4-10(15)5-3-9/h2-6H,7H2,1H3,(H,16,17)(H,18,19). The Balaban J connectivity index is 2.03. The van der Waals surface area contributed by atoms with Crippen LogP contribution in [-0.4, -0.2) is 17.0 Å². The normalized spacial score (nSPS) is 10.3. The van der Waals surface area contributed by atoms with Crippen LogP contribution >= 0.6 is 11.3 Å². The molecular formula is C14H12FNO3S. The Morgan fingerprint density at radius 1 is 1.30 bits per heavy atom. The lowest BCUT2D eigenvalue weighted by Crippen LogP contribution is -2.13. The number of halogens is 1. The number of carbonyl (C=O) groups excluding carboxylic acids is 1. The molecule has 0 saturated heterocycles. The zero-order valence-electron chi connectivity index (χ0n) is 10.6. The fraction of sp³-hybridized carbons (Fsp3) is 0.143. The summed E-state index contributed by atoms with van der Waals surface area (Å²) >= 11 is 1.02. The molecule has 0 bridgehead atoms. The summed E-state index contributed by atoms with van der Waals surface area (Å²) in [6.45, 7) is 1.68. The maximum atomic E-state index is 12.7. The van der Waals surface area contributed by atoms with Gasteiger partial charge in [-0.1, -0.05) is 12.1 Å². The van der Waals surface area contributed by atoms with E-state index in [4.69, 9.17) is 5.11 Å². The van der Waals surface area contributed by atoms with Crippen LogP contribution in [0.25, 0.3) is 0 Å². The van der Waals surface area contributed by atoms with Gasteiger partial charge in [0.15, 0.2) is 0 Å². The number of aryl methyl sites for hydroxylation is 1. The lowest BCUT2D eigenvalue weighted by molar-refractivity contribution is -0.115. The van der Waals surface area contributed by atoms with Crippen LogP contribution in [0.3, 0.4) is 0 Å². The van der Waals surface area contributed by atoms with Gasteiger partial charge in [0, 0.05) is 0 Å². The Kier molecular flexibility index (Phi) is 4.14. The SMILES string of the molecule is Cc1cc(NC(=O)Cc2ccc(F)cc2)sc1C(=O)O. The maximum absolute atomic E-state index is 12.7. The van der Waals surface area contributed by atoms with E-state index in [1.807, 2.05) is 0 Å². The highest BCUT2D eigenvalue weighted by Crippen LogP contribution is 2.26. The average Bonchev–Trinajstić information content (AvgIpc) is 2.73. The highest BCUT2D eigenvalue weighted by atomic mass is 32.1. The van der Waals surface area contributed by atoms with Crippen LogP contribution in [0.5, 0.6) is 0 Å². The van der Waals surface area contributed by atoms with Crippen LogP contribution in [0.1, 0.15) is 20.8 Å². The summed E-state index contributed by atoms with van der Waals surface area (Å²) in [5.41, 5.74) is 1.30. The fourth-order valence-corrected chi connectivity index (χ4v) is 2.65. The molecule has 0 saturated carbocycles. The second-order valence-electron chi connectivity index (χ2n) is 4.28. The molecule has 1 heterocycles. The van der Waals surface area contributed by atoms with Gasteiger partial charge in [-0.05, 0) is 36.2 Å². The van der Waals surface area contributed by atoms with Crippen LogP contribution < -0.4 is 5.32 Å². The van der Waals surface area contributed by atoms with E-state index in [0.29, 0.717) is 16.1 Å². The number of benzene rings is 1. The number of aromatic carboxylic acids is 1. The molecule has 0 aliphatic heterocycles. The van der Waals surface area contributed by atoms with E-state index < -0.39 is 5.97 Å². The van der Waals surface area contributed by atoms with Crippen LogP contribution in [-0.2, 0) is 11.2 Å². The number of hydrogen-bond acceptors (Lipinski definition) is 3. The van der Waals surface area contributed by atoms with Crippen molar-refractivity contribution in [2.45, 2.75) is 13.3 Å². The van der Waals surface area contributed by atoms with E-state index in [1.165, 1.54) is 24.3 Å². The first-order valence-corrected chi connectivity index (χ1v) is 6.65. The summed E-state index contributed by atoms with van der Waals surface area (Å²) in [6.07, 6.45) is 0.111. The molecule has 4 nitrogen and oxygen atoms in total. The van der Waals surface area contributed by atoms with E-state index in [-0.39, 0.29) is 23.0 Å².